The Bertz CT molecular complexity index is 350. The van der Waals surface area contributed by atoms with E-state index in [9.17, 15) is 0 Å². The average molecular weight is 234 g/mol. The van der Waals surface area contributed by atoms with Crippen LogP contribution in [0.1, 0.15) is 40.2 Å². The van der Waals surface area contributed by atoms with E-state index < -0.39 is 0 Å². The Kier molecular flexibility index (Phi) is 4.58. The predicted octanol–water partition coefficient (Wildman–Crippen LogP) is 3.38. The van der Waals surface area contributed by atoms with Gasteiger partial charge >= 0.3 is 0 Å². The van der Waals surface area contributed by atoms with E-state index >= 15 is 0 Å². The lowest BCUT2D eigenvalue weighted by atomic mass is 9.85. The molecule has 3 N–H and O–H groups in total. The molecule has 0 heterocycles. The maximum atomic E-state index is 5.82. The van der Waals surface area contributed by atoms with E-state index in [2.05, 4.69) is 64.2 Å². The minimum absolute atomic E-state index is 0.153. The smallest absolute Gasteiger partial charge is 0.0406 e. The Morgan fingerprint density at radius 2 is 1.76 bits per heavy atom. The van der Waals surface area contributed by atoms with Crippen molar-refractivity contribution in [2.75, 3.05) is 11.9 Å². The first kappa shape index (κ1) is 14.0. The van der Waals surface area contributed by atoms with Crippen molar-refractivity contribution in [1.82, 2.24) is 0 Å². The molecule has 0 aromatic heterocycles. The molecule has 1 rings (SSSR count). The first-order valence-electron chi connectivity index (χ1n) is 6.42. The number of benzene rings is 1. The van der Waals surface area contributed by atoms with Gasteiger partial charge in [0.2, 0.25) is 0 Å². The fourth-order valence-corrected chi connectivity index (χ4v) is 1.96. The van der Waals surface area contributed by atoms with Crippen LogP contribution in [0.4, 0.5) is 5.69 Å². The summed E-state index contributed by atoms with van der Waals surface area (Å²) in [6, 6.07) is 8.84. The lowest BCUT2D eigenvalue weighted by Crippen LogP contribution is -2.34. The largest absolute Gasteiger partial charge is 0.381 e. The third-order valence-corrected chi connectivity index (χ3v) is 3.13. The quantitative estimate of drug-likeness (QED) is 0.838. The molecule has 0 aliphatic rings. The molecule has 1 atom stereocenters. The molecule has 0 amide bonds. The summed E-state index contributed by atoms with van der Waals surface area (Å²) in [4.78, 5) is 0. The second kappa shape index (κ2) is 5.54. The van der Waals surface area contributed by atoms with Gasteiger partial charge in [-0.2, -0.15) is 0 Å². The van der Waals surface area contributed by atoms with Gasteiger partial charge in [0.1, 0.15) is 0 Å². The minimum Gasteiger partial charge on any atom is -0.381 e. The van der Waals surface area contributed by atoms with Crippen molar-refractivity contribution in [2.45, 2.75) is 46.1 Å². The third-order valence-electron chi connectivity index (χ3n) is 3.13. The van der Waals surface area contributed by atoms with E-state index in [0.29, 0.717) is 18.5 Å². The van der Waals surface area contributed by atoms with Gasteiger partial charge in [0, 0.05) is 18.3 Å². The molecule has 1 unspecified atom stereocenters. The topological polar surface area (TPSA) is 38.0 Å². The molecule has 2 heteroatoms. The maximum Gasteiger partial charge on any atom is 0.0406 e. The highest BCUT2D eigenvalue weighted by Crippen LogP contribution is 2.30. The summed E-state index contributed by atoms with van der Waals surface area (Å²) in [5.41, 5.74) is 8.53. The highest BCUT2D eigenvalue weighted by molar-refractivity contribution is 5.54. The Labute approximate surface area is 106 Å². The summed E-state index contributed by atoms with van der Waals surface area (Å²) in [5, 5.41) is 3.58. The summed E-state index contributed by atoms with van der Waals surface area (Å²) in [5.74, 6) is 0.535. The number of rotatable bonds is 4. The summed E-state index contributed by atoms with van der Waals surface area (Å²) in [6.45, 7) is 11.8. The van der Waals surface area contributed by atoms with Crippen LogP contribution in [0.2, 0.25) is 0 Å². The van der Waals surface area contributed by atoms with Gasteiger partial charge in [-0.15, -0.1) is 0 Å². The zero-order valence-corrected chi connectivity index (χ0v) is 11.7. The summed E-state index contributed by atoms with van der Waals surface area (Å²) in [6.07, 6.45) is 0. The van der Waals surface area contributed by atoms with Crippen molar-refractivity contribution in [3.63, 3.8) is 0 Å². The van der Waals surface area contributed by atoms with Crippen LogP contribution >= 0.6 is 0 Å². The fraction of sp³-hybridized carbons (Fsp3) is 0.600. The van der Waals surface area contributed by atoms with Crippen LogP contribution in [0.3, 0.4) is 0 Å². The normalized spacial score (nSPS) is 13.8. The van der Waals surface area contributed by atoms with Crippen LogP contribution in [0.15, 0.2) is 24.3 Å². The highest BCUT2D eigenvalue weighted by atomic mass is 14.9. The van der Waals surface area contributed by atoms with Crippen molar-refractivity contribution in [3.05, 3.63) is 29.8 Å². The summed E-state index contributed by atoms with van der Waals surface area (Å²) in [7, 11) is 0. The molecule has 0 radical (unpaired) electrons. The molecule has 2 nitrogen and oxygen atoms in total. The number of para-hydroxylation sites is 1. The zero-order valence-electron chi connectivity index (χ0n) is 11.7. The van der Waals surface area contributed by atoms with E-state index in [4.69, 9.17) is 5.73 Å². The molecule has 0 spiro atoms. The van der Waals surface area contributed by atoms with Gasteiger partial charge in [-0.25, -0.2) is 0 Å². The zero-order chi connectivity index (χ0) is 13.1. The van der Waals surface area contributed by atoms with Crippen LogP contribution < -0.4 is 11.1 Å². The standard InChI is InChI=1S/C15H26N2/c1-11(2)14(10-16)17-13-9-7-6-8-12(13)15(3,4)5/h6-9,11,14,17H,10,16H2,1-5H3. The van der Waals surface area contributed by atoms with Gasteiger partial charge in [0.15, 0.2) is 0 Å². The lowest BCUT2D eigenvalue weighted by molar-refractivity contribution is 0.527. The number of anilines is 1. The van der Waals surface area contributed by atoms with Crippen LogP contribution in [0, 0.1) is 5.92 Å². The Hall–Kier alpha value is -1.02. The van der Waals surface area contributed by atoms with Crippen molar-refractivity contribution in [2.24, 2.45) is 11.7 Å². The first-order valence-corrected chi connectivity index (χ1v) is 6.42. The minimum atomic E-state index is 0.153. The Morgan fingerprint density at radius 1 is 1.18 bits per heavy atom. The highest BCUT2D eigenvalue weighted by Gasteiger charge is 2.19. The molecule has 0 aliphatic heterocycles. The molecule has 0 saturated heterocycles. The van der Waals surface area contributed by atoms with Crippen molar-refractivity contribution in [1.29, 1.82) is 0 Å². The Balaban J connectivity index is 2.98. The number of nitrogens with two attached hydrogens (primary N) is 1. The molecule has 0 aliphatic carbocycles. The molecule has 0 fully saturated rings. The molecular weight excluding hydrogens is 208 g/mol. The lowest BCUT2D eigenvalue weighted by Gasteiger charge is -2.28. The van der Waals surface area contributed by atoms with Gasteiger partial charge in [0.05, 0.1) is 0 Å². The van der Waals surface area contributed by atoms with Crippen LogP contribution in [0.25, 0.3) is 0 Å². The molecule has 17 heavy (non-hydrogen) atoms. The van der Waals surface area contributed by atoms with Crippen molar-refractivity contribution >= 4 is 5.69 Å². The Morgan fingerprint density at radius 3 is 2.24 bits per heavy atom. The van der Waals surface area contributed by atoms with Gasteiger partial charge in [-0.1, -0.05) is 52.8 Å². The summed E-state index contributed by atoms with van der Waals surface area (Å²) >= 11 is 0. The number of hydrogen-bond donors (Lipinski definition) is 2. The second-order valence-corrected chi connectivity index (χ2v) is 6.03. The van der Waals surface area contributed by atoms with Crippen LogP contribution in [0.5, 0.6) is 0 Å². The molecule has 1 aromatic carbocycles. The van der Waals surface area contributed by atoms with Crippen molar-refractivity contribution in [3.8, 4) is 0 Å². The van der Waals surface area contributed by atoms with Gasteiger partial charge in [-0.05, 0) is 23.0 Å². The van der Waals surface area contributed by atoms with E-state index in [1.165, 1.54) is 11.3 Å². The molecule has 1 aromatic rings. The van der Waals surface area contributed by atoms with Gasteiger partial charge in [-0.3, -0.25) is 0 Å². The third kappa shape index (κ3) is 3.74. The number of nitrogens with one attached hydrogen (secondary N) is 1. The van der Waals surface area contributed by atoms with Crippen molar-refractivity contribution < 1.29 is 0 Å². The predicted molar refractivity (Wildman–Crippen MR) is 76.4 cm³/mol. The number of hydrogen-bond acceptors (Lipinski definition) is 2. The van der Waals surface area contributed by atoms with E-state index in [-0.39, 0.29) is 5.41 Å². The molecule has 96 valence electrons. The first-order chi connectivity index (χ1) is 7.86. The summed E-state index contributed by atoms with van der Waals surface area (Å²) < 4.78 is 0. The monoisotopic (exact) mass is 234 g/mol. The van der Waals surface area contributed by atoms with Gasteiger partial charge < -0.3 is 11.1 Å². The van der Waals surface area contributed by atoms with E-state index in [0.717, 1.165) is 0 Å². The van der Waals surface area contributed by atoms with E-state index in [1.807, 2.05) is 0 Å². The maximum absolute atomic E-state index is 5.82. The molecule has 0 saturated carbocycles. The second-order valence-electron chi connectivity index (χ2n) is 6.03. The fourth-order valence-electron chi connectivity index (χ4n) is 1.96. The average Bonchev–Trinajstić information content (AvgIpc) is 2.24. The van der Waals surface area contributed by atoms with Gasteiger partial charge in [0.25, 0.3) is 0 Å². The van der Waals surface area contributed by atoms with Crippen LogP contribution in [-0.2, 0) is 5.41 Å². The molecular formula is C15H26N2. The van der Waals surface area contributed by atoms with Crippen LogP contribution in [-0.4, -0.2) is 12.6 Å². The molecule has 0 bridgehead atoms. The SMILES string of the molecule is CC(C)C(CN)Nc1ccccc1C(C)(C)C. The van der Waals surface area contributed by atoms with E-state index in [1.54, 1.807) is 0 Å².